The first-order valence-electron chi connectivity index (χ1n) is 2.52. The second-order valence-corrected chi connectivity index (χ2v) is 3.54. The van der Waals surface area contributed by atoms with E-state index in [9.17, 15) is 4.57 Å². The molecule has 0 bridgehead atoms. The highest BCUT2D eigenvalue weighted by atomic mass is 31.1. The second-order valence-electron chi connectivity index (χ2n) is 1.68. The Morgan fingerprint density at radius 1 is 1.29 bits per heavy atom. The van der Waals surface area contributed by atoms with Crippen LogP contribution < -0.4 is 5.32 Å². The number of hydrogen-bond donors (Lipinski definition) is 1. The molecule has 1 heterocycles. The molecule has 0 amide bonds. The Kier molecular flexibility index (Phi) is 1.77. The fourth-order valence-corrected chi connectivity index (χ4v) is 1.68. The third kappa shape index (κ3) is 1.54. The molecule has 0 unspecified atom stereocenters. The molecule has 40 valence electrons. The van der Waals surface area contributed by atoms with Gasteiger partial charge in [-0.3, -0.25) is 0 Å². The van der Waals surface area contributed by atoms with Gasteiger partial charge in [0.1, 0.15) is 0 Å². The predicted molar refractivity (Wildman–Crippen MR) is 30.2 cm³/mol. The third-order valence-corrected chi connectivity index (χ3v) is 2.52. The van der Waals surface area contributed by atoms with Crippen LogP contribution in [-0.4, -0.2) is 25.4 Å². The predicted octanol–water partition coefficient (Wildman–Crippen LogP) is 0.417. The smallest absolute Gasteiger partial charge is 0.308 e. The normalized spacial score (nSPS) is 22.6. The van der Waals surface area contributed by atoms with E-state index < -0.39 is 7.80 Å². The summed E-state index contributed by atoms with van der Waals surface area (Å²) in [5, 5.41) is 3.13. The Balaban J connectivity index is 2.25. The average Bonchev–Trinajstić information content (AvgIpc) is 1.69. The molecular weight excluding hydrogens is 109 g/mol. The van der Waals surface area contributed by atoms with Crippen molar-refractivity contribution in [1.82, 2.24) is 5.32 Å². The molecule has 0 radical (unpaired) electrons. The molecule has 1 aliphatic heterocycles. The second kappa shape index (κ2) is 2.39. The molecule has 7 heavy (non-hydrogen) atoms. The third-order valence-electron chi connectivity index (χ3n) is 1.08. The maximum atomic E-state index is 10.6. The minimum absolute atomic E-state index is 0.804. The fraction of sp³-hybridized carbons (Fsp3) is 1.00. The minimum Gasteiger partial charge on any atom is -0.308 e. The molecule has 0 saturated carbocycles. The van der Waals surface area contributed by atoms with Crippen LogP contribution in [0.2, 0.25) is 0 Å². The first kappa shape index (κ1) is 5.20. The molecule has 1 rings (SSSR count). The molecular formula is C4H9NOP+. The SMILES string of the molecule is O=[P+]1CCNCC1. The van der Waals surface area contributed by atoms with E-state index in [1.807, 2.05) is 0 Å². The zero-order chi connectivity index (χ0) is 5.11. The largest absolute Gasteiger partial charge is 0.341 e. The van der Waals surface area contributed by atoms with Crippen LogP contribution in [0.3, 0.4) is 0 Å². The molecule has 0 aromatic carbocycles. The first-order valence-corrected chi connectivity index (χ1v) is 4.15. The quantitative estimate of drug-likeness (QED) is 0.467. The van der Waals surface area contributed by atoms with Crippen LogP contribution in [0, 0.1) is 0 Å². The van der Waals surface area contributed by atoms with E-state index in [4.69, 9.17) is 0 Å². The van der Waals surface area contributed by atoms with Crippen LogP contribution in [-0.2, 0) is 4.57 Å². The Hall–Kier alpha value is 0.0600. The lowest BCUT2D eigenvalue weighted by molar-refractivity contribution is 0.576. The van der Waals surface area contributed by atoms with E-state index in [-0.39, 0.29) is 0 Å². The molecule has 0 spiro atoms. The van der Waals surface area contributed by atoms with Gasteiger partial charge in [-0.05, 0) is 0 Å². The van der Waals surface area contributed by atoms with Crippen LogP contribution in [0.15, 0.2) is 0 Å². The van der Waals surface area contributed by atoms with Gasteiger partial charge in [-0.2, -0.15) is 0 Å². The van der Waals surface area contributed by atoms with Crippen molar-refractivity contribution in [2.45, 2.75) is 0 Å². The highest BCUT2D eigenvalue weighted by molar-refractivity contribution is 7.44. The van der Waals surface area contributed by atoms with Gasteiger partial charge in [0.05, 0.1) is 0 Å². The highest BCUT2D eigenvalue weighted by Gasteiger charge is 2.17. The van der Waals surface area contributed by atoms with Crippen molar-refractivity contribution in [3.63, 3.8) is 0 Å². The van der Waals surface area contributed by atoms with Gasteiger partial charge < -0.3 is 5.32 Å². The summed E-state index contributed by atoms with van der Waals surface area (Å²) in [5.41, 5.74) is 0. The maximum absolute atomic E-state index is 10.6. The van der Waals surface area contributed by atoms with Crippen LogP contribution >= 0.6 is 7.80 Å². The zero-order valence-electron chi connectivity index (χ0n) is 4.18. The van der Waals surface area contributed by atoms with Crippen LogP contribution in [0.1, 0.15) is 0 Å². The van der Waals surface area contributed by atoms with Crippen molar-refractivity contribution in [1.29, 1.82) is 0 Å². The Morgan fingerprint density at radius 3 is 2.14 bits per heavy atom. The number of hydrogen-bond acceptors (Lipinski definition) is 2. The number of rotatable bonds is 0. The van der Waals surface area contributed by atoms with E-state index >= 15 is 0 Å². The van der Waals surface area contributed by atoms with Gasteiger partial charge in [-0.1, -0.05) is 4.57 Å². The standard InChI is InChI=1S/C4H9NOP/c6-7-3-1-5-2-4-7/h5H,1-4H2/q+1. The summed E-state index contributed by atoms with van der Waals surface area (Å²) in [6.07, 6.45) is 1.77. The highest BCUT2D eigenvalue weighted by Crippen LogP contribution is 2.19. The monoisotopic (exact) mass is 118 g/mol. The maximum Gasteiger partial charge on any atom is 0.341 e. The van der Waals surface area contributed by atoms with Gasteiger partial charge in [0.25, 0.3) is 0 Å². The minimum atomic E-state index is -0.804. The van der Waals surface area contributed by atoms with E-state index in [1.54, 1.807) is 0 Å². The molecule has 1 fully saturated rings. The first-order chi connectivity index (χ1) is 3.39. The Bertz CT molecular complexity index is 75.8. The Labute approximate surface area is 44.1 Å². The molecule has 1 saturated heterocycles. The van der Waals surface area contributed by atoms with Gasteiger partial charge >= 0.3 is 7.80 Å². The van der Waals surface area contributed by atoms with E-state index in [1.165, 1.54) is 0 Å². The van der Waals surface area contributed by atoms with E-state index in [0.717, 1.165) is 25.4 Å². The number of nitrogens with one attached hydrogen (secondary N) is 1. The van der Waals surface area contributed by atoms with Crippen molar-refractivity contribution in [3.8, 4) is 0 Å². The molecule has 0 aliphatic carbocycles. The van der Waals surface area contributed by atoms with Crippen LogP contribution in [0.4, 0.5) is 0 Å². The van der Waals surface area contributed by atoms with Crippen molar-refractivity contribution < 1.29 is 4.57 Å². The average molecular weight is 118 g/mol. The summed E-state index contributed by atoms with van der Waals surface area (Å²) < 4.78 is 10.6. The summed E-state index contributed by atoms with van der Waals surface area (Å²) in [6.45, 7) is 1.91. The van der Waals surface area contributed by atoms with Gasteiger partial charge in [-0.25, -0.2) is 0 Å². The summed E-state index contributed by atoms with van der Waals surface area (Å²) in [4.78, 5) is 0. The summed E-state index contributed by atoms with van der Waals surface area (Å²) in [6, 6.07) is 0. The van der Waals surface area contributed by atoms with Gasteiger partial charge in [0.2, 0.25) is 0 Å². The van der Waals surface area contributed by atoms with Crippen molar-refractivity contribution in [3.05, 3.63) is 0 Å². The molecule has 1 N–H and O–H groups in total. The van der Waals surface area contributed by atoms with Crippen LogP contribution in [0.5, 0.6) is 0 Å². The molecule has 0 aromatic heterocycles. The molecule has 0 atom stereocenters. The van der Waals surface area contributed by atoms with Gasteiger partial charge in [-0.15, -0.1) is 0 Å². The van der Waals surface area contributed by atoms with E-state index in [2.05, 4.69) is 5.32 Å². The van der Waals surface area contributed by atoms with Crippen molar-refractivity contribution in [2.24, 2.45) is 0 Å². The van der Waals surface area contributed by atoms with E-state index in [0.29, 0.717) is 0 Å². The molecule has 2 nitrogen and oxygen atoms in total. The molecule has 1 aliphatic rings. The zero-order valence-corrected chi connectivity index (χ0v) is 5.08. The lowest BCUT2D eigenvalue weighted by Gasteiger charge is -1.99. The summed E-state index contributed by atoms with van der Waals surface area (Å²) >= 11 is 0. The van der Waals surface area contributed by atoms with Crippen molar-refractivity contribution in [2.75, 3.05) is 25.4 Å². The van der Waals surface area contributed by atoms with Crippen LogP contribution in [0.25, 0.3) is 0 Å². The van der Waals surface area contributed by atoms with Gasteiger partial charge in [0.15, 0.2) is 12.3 Å². The summed E-state index contributed by atoms with van der Waals surface area (Å²) in [5.74, 6) is 0. The Morgan fingerprint density at radius 2 is 1.86 bits per heavy atom. The fourth-order valence-electron chi connectivity index (χ4n) is 0.644. The van der Waals surface area contributed by atoms with Gasteiger partial charge in [0, 0.05) is 13.1 Å². The topological polar surface area (TPSA) is 29.1 Å². The molecule has 0 aromatic rings. The molecule has 3 heteroatoms. The van der Waals surface area contributed by atoms with Crippen molar-refractivity contribution >= 4 is 7.80 Å². The lowest BCUT2D eigenvalue weighted by Crippen LogP contribution is -2.25. The lowest BCUT2D eigenvalue weighted by atomic mass is 10.6. The summed E-state index contributed by atoms with van der Waals surface area (Å²) in [7, 11) is -0.804.